The van der Waals surface area contributed by atoms with E-state index in [-0.39, 0.29) is 6.42 Å². The first kappa shape index (κ1) is 13.8. The zero-order chi connectivity index (χ0) is 14.3. The van der Waals surface area contributed by atoms with Gasteiger partial charge in [-0.05, 0) is 40.4 Å². The molecule has 1 fully saturated rings. The standard InChI is InChI=1S/C14H11BrF2N2S/c15-12-13(7-1-2-7)18-11(19-14(12)20)5-8-3-4-9(16)6-10(8)17/h3-4,6-7H,1-2,5H2,(H,18,19,20). The van der Waals surface area contributed by atoms with Gasteiger partial charge in [0, 0.05) is 24.1 Å². The van der Waals surface area contributed by atoms with Gasteiger partial charge in [-0.25, -0.2) is 13.8 Å². The number of hydrogen-bond acceptors (Lipinski definition) is 2. The van der Waals surface area contributed by atoms with Crippen LogP contribution in [0.1, 0.15) is 35.8 Å². The molecule has 1 saturated carbocycles. The fourth-order valence-electron chi connectivity index (χ4n) is 2.11. The molecule has 0 aliphatic heterocycles. The topological polar surface area (TPSA) is 28.7 Å². The average molecular weight is 357 g/mol. The minimum Gasteiger partial charge on any atom is -0.346 e. The van der Waals surface area contributed by atoms with Crippen molar-refractivity contribution in [1.82, 2.24) is 9.97 Å². The molecule has 0 atom stereocenters. The Hall–Kier alpha value is -1.14. The summed E-state index contributed by atoms with van der Waals surface area (Å²) in [4.78, 5) is 7.48. The summed E-state index contributed by atoms with van der Waals surface area (Å²) in [6.07, 6.45) is 2.51. The number of benzene rings is 1. The highest BCUT2D eigenvalue weighted by molar-refractivity contribution is 9.10. The molecule has 1 aromatic heterocycles. The van der Waals surface area contributed by atoms with Crippen LogP contribution in [0.3, 0.4) is 0 Å². The lowest BCUT2D eigenvalue weighted by molar-refractivity contribution is 0.573. The lowest BCUT2D eigenvalue weighted by atomic mass is 10.1. The summed E-state index contributed by atoms with van der Waals surface area (Å²) in [5.74, 6) is -0.0693. The van der Waals surface area contributed by atoms with Gasteiger partial charge in [0.2, 0.25) is 0 Å². The van der Waals surface area contributed by atoms with Crippen LogP contribution in [0.4, 0.5) is 8.78 Å². The zero-order valence-electron chi connectivity index (χ0n) is 10.4. The molecule has 1 aliphatic carbocycles. The summed E-state index contributed by atoms with van der Waals surface area (Å²) in [6, 6.07) is 3.56. The van der Waals surface area contributed by atoms with Gasteiger partial charge in [-0.3, -0.25) is 0 Å². The normalized spacial score (nSPS) is 14.6. The van der Waals surface area contributed by atoms with Crippen LogP contribution in [0.15, 0.2) is 22.7 Å². The van der Waals surface area contributed by atoms with E-state index < -0.39 is 11.6 Å². The van der Waals surface area contributed by atoms with Gasteiger partial charge in [0.05, 0.1) is 4.47 Å². The molecule has 2 nitrogen and oxygen atoms in total. The molecule has 1 heterocycles. The molecule has 1 aliphatic rings. The monoisotopic (exact) mass is 356 g/mol. The van der Waals surface area contributed by atoms with Crippen molar-refractivity contribution in [2.75, 3.05) is 0 Å². The van der Waals surface area contributed by atoms with Gasteiger partial charge < -0.3 is 4.98 Å². The number of nitrogens with one attached hydrogen (secondary N) is 1. The van der Waals surface area contributed by atoms with Crippen molar-refractivity contribution >= 4 is 28.1 Å². The maximum atomic E-state index is 13.7. The number of aromatic nitrogens is 2. The van der Waals surface area contributed by atoms with Crippen molar-refractivity contribution in [1.29, 1.82) is 0 Å². The number of H-pyrrole nitrogens is 1. The molecule has 6 heteroatoms. The van der Waals surface area contributed by atoms with E-state index in [1.165, 1.54) is 12.1 Å². The third kappa shape index (κ3) is 2.81. The second-order valence-corrected chi connectivity index (χ2v) is 6.08. The highest BCUT2D eigenvalue weighted by atomic mass is 79.9. The van der Waals surface area contributed by atoms with E-state index >= 15 is 0 Å². The molecule has 0 radical (unpaired) electrons. The number of halogens is 3. The Balaban J connectivity index is 1.96. The smallest absolute Gasteiger partial charge is 0.144 e. The Bertz CT molecular complexity index is 726. The van der Waals surface area contributed by atoms with Crippen LogP contribution in [0.2, 0.25) is 0 Å². The SMILES string of the molecule is Fc1ccc(Cc2nc(=S)c(Br)c(C3CC3)[nH]2)c(F)c1. The second-order valence-electron chi connectivity index (χ2n) is 4.90. The van der Waals surface area contributed by atoms with Gasteiger partial charge >= 0.3 is 0 Å². The van der Waals surface area contributed by atoms with Crippen molar-refractivity contribution in [3.8, 4) is 0 Å². The van der Waals surface area contributed by atoms with Gasteiger partial charge in [0.1, 0.15) is 22.1 Å². The van der Waals surface area contributed by atoms with Crippen LogP contribution < -0.4 is 0 Å². The highest BCUT2D eigenvalue weighted by Crippen LogP contribution is 2.42. The summed E-state index contributed by atoms with van der Waals surface area (Å²) in [5, 5.41) is 0. The first-order valence-electron chi connectivity index (χ1n) is 6.27. The van der Waals surface area contributed by atoms with E-state index in [2.05, 4.69) is 25.9 Å². The number of nitrogens with zero attached hydrogens (tertiary/aromatic N) is 1. The Labute approximate surface area is 128 Å². The van der Waals surface area contributed by atoms with Crippen molar-refractivity contribution in [2.45, 2.75) is 25.2 Å². The molecule has 0 unspecified atom stereocenters. The van der Waals surface area contributed by atoms with Crippen LogP contribution in [0, 0.1) is 16.3 Å². The lowest BCUT2D eigenvalue weighted by Crippen LogP contribution is -2.03. The molecule has 0 bridgehead atoms. The quantitative estimate of drug-likeness (QED) is 0.811. The van der Waals surface area contributed by atoms with Gasteiger partial charge in [-0.2, -0.15) is 0 Å². The number of aromatic amines is 1. The maximum Gasteiger partial charge on any atom is 0.144 e. The molecule has 3 rings (SSSR count). The molecule has 1 aromatic carbocycles. The molecule has 2 aromatic rings. The zero-order valence-corrected chi connectivity index (χ0v) is 12.8. The van der Waals surface area contributed by atoms with Gasteiger partial charge in [-0.1, -0.05) is 18.3 Å². The third-order valence-corrected chi connectivity index (χ3v) is 4.66. The second kappa shape index (κ2) is 5.33. The van der Waals surface area contributed by atoms with Gasteiger partial charge in [0.15, 0.2) is 0 Å². The first-order valence-corrected chi connectivity index (χ1v) is 7.47. The van der Waals surface area contributed by atoms with Crippen molar-refractivity contribution in [3.05, 3.63) is 56.0 Å². The molecule has 0 saturated heterocycles. The number of hydrogen-bond donors (Lipinski definition) is 1. The van der Waals surface area contributed by atoms with Crippen LogP contribution in [-0.2, 0) is 6.42 Å². The Morgan fingerprint density at radius 2 is 2.10 bits per heavy atom. The largest absolute Gasteiger partial charge is 0.346 e. The summed E-state index contributed by atoms with van der Waals surface area (Å²) in [5.41, 5.74) is 1.43. The predicted octanol–water partition coefficient (Wildman–Crippen LogP) is 4.65. The summed E-state index contributed by atoms with van der Waals surface area (Å²) < 4.78 is 27.9. The van der Waals surface area contributed by atoms with Crippen LogP contribution in [-0.4, -0.2) is 9.97 Å². The first-order chi connectivity index (χ1) is 9.54. The van der Waals surface area contributed by atoms with Crippen LogP contribution in [0.5, 0.6) is 0 Å². The van der Waals surface area contributed by atoms with Crippen molar-refractivity contribution in [3.63, 3.8) is 0 Å². The molecule has 1 N–H and O–H groups in total. The van der Waals surface area contributed by atoms with Crippen molar-refractivity contribution < 1.29 is 8.78 Å². The fourth-order valence-corrected chi connectivity index (χ4v) is 2.84. The Kier molecular flexibility index (Phi) is 3.69. The minimum absolute atomic E-state index is 0.267. The molecular weight excluding hydrogens is 346 g/mol. The van der Waals surface area contributed by atoms with E-state index in [4.69, 9.17) is 12.2 Å². The fraction of sp³-hybridized carbons (Fsp3) is 0.286. The molecule has 104 valence electrons. The third-order valence-electron chi connectivity index (χ3n) is 3.30. The molecule has 0 amide bonds. The average Bonchev–Trinajstić information content (AvgIpc) is 3.21. The van der Waals surface area contributed by atoms with E-state index in [0.717, 1.165) is 29.1 Å². The predicted molar refractivity (Wildman–Crippen MR) is 78.3 cm³/mol. The van der Waals surface area contributed by atoms with E-state index in [0.29, 0.717) is 21.9 Å². The molecular formula is C14H11BrF2N2S. The lowest BCUT2D eigenvalue weighted by Gasteiger charge is -2.08. The number of rotatable bonds is 3. The highest BCUT2D eigenvalue weighted by Gasteiger charge is 2.27. The summed E-state index contributed by atoms with van der Waals surface area (Å²) >= 11 is 8.66. The summed E-state index contributed by atoms with van der Waals surface area (Å²) in [6.45, 7) is 0. The van der Waals surface area contributed by atoms with E-state index in [9.17, 15) is 8.78 Å². The summed E-state index contributed by atoms with van der Waals surface area (Å²) in [7, 11) is 0. The van der Waals surface area contributed by atoms with Gasteiger partial charge in [0.25, 0.3) is 0 Å². The van der Waals surface area contributed by atoms with Crippen molar-refractivity contribution in [2.24, 2.45) is 0 Å². The van der Waals surface area contributed by atoms with Crippen LogP contribution in [0.25, 0.3) is 0 Å². The van der Waals surface area contributed by atoms with E-state index in [1.54, 1.807) is 0 Å². The van der Waals surface area contributed by atoms with E-state index in [1.807, 2.05) is 0 Å². The maximum absolute atomic E-state index is 13.7. The van der Waals surface area contributed by atoms with Crippen LogP contribution >= 0.6 is 28.1 Å². The Morgan fingerprint density at radius 3 is 2.75 bits per heavy atom. The molecule has 0 spiro atoms. The molecule has 20 heavy (non-hydrogen) atoms. The Morgan fingerprint density at radius 1 is 1.35 bits per heavy atom. The van der Waals surface area contributed by atoms with Gasteiger partial charge in [-0.15, -0.1) is 0 Å². The minimum atomic E-state index is -0.582.